The molecule has 0 amide bonds. The number of halogens is 1. The molecule has 1 aliphatic rings. The van der Waals surface area contributed by atoms with Crippen LogP contribution in [0.3, 0.4) is 0 Å². The molecular formula is C8H15ITe. The van der Waals surface area contributed by atoms with E-state index in [1.807, 2.05) is 0 Å². The zero-order valence-electron chi connectivity index (χ0n) is 6.48. The van der Waals surface area contributed by atoms with Crippen molar-refractivity contribution < 1.29 is 24.0 Å². The Morgan fingerprint density at radius 2 is 2.40 bits per heavy atom. The van der Waals surface area contributed by atoms with Crippen LogP contribution < -0.4 is 24.0 Å². The Morgan fingerprint density at radius 3 is 2.80 bits per heavy atom. The molecule has 1 saturated heterocycles. The third kappa shape index (κ3) is 3.11. The van der Waals surface area contributed by atoms with Gasteiger partial charge in [0, 0.05) is 0 Å². The summed E-state index contributed by atoms with van der Waals surface area (Å²) in [6, 6.07) is 0. The molecule has 0 aromatic heterocycles. The van der Waals surface area contributed by atoms with Crippen molar-refractivity contribution in [3.63, 3.8) is 0 Å². The molecule has 0 aromatic rings. The van der Waals surface area contributed by atoms with Gasteiger partial charge in [-0.1, -0.05) is 0 Å². The molecule has 0 radical (unpaired) electrons. The van der Waals surface area contributed by atoms with E-state index in [0.29, 0.717) is 0 Å². The van der Waals surface area contributed by atoms with E-state index < -0.39 is 19.6 Å². The van der Waals surface area contributed by atoms with Crippen molar-refractivity contribution in [3.8, 4) is 0 Å². The van der Waals surface area contributed by atoms with E-state index >= 15 is 0 Å². The summed E-state index contributed by atoms with van der Waals surface area (Å²) in [5.41, 5.74) is 0. The molecule has 1 rings (SSSR count). The smallest absolute Gasteiger partial charge is 1.00 e. The molecule has 0 N–H and O–H groups in total. The maximum absolute atomic E-state index is 3.80. The molecule has 10 heavy (non-hydrogen) atoms. The van der Waals surface area contributed by atoms with E-state index in [4.69, 9.17) is 0 Å². The molecule has 1 atom stereocenters. The van der Waals surface area contributed by atoms with Gasteiger partial charge in [0.05, 0.1) is 0 Å². The second-order valence-electron chi connectivity index (χ2n) is 2.65. The Kier molecular flexibility index (Phi) is 6.59. The first-order valence-electron chi connectivity index (χ1n) is 3.62. The van der Waals surface area contributed by atoms with Crippen molar-refractivity contribution in [2.75, 3.05) is 0 Å². The van der Waals surface area contributed by atoms with Crippen molar-refractivity contribution in [3.05, 3.63) is 12.7 Å². The summed E-state index contributed by atoms with van der Waals surface area (Å²) in [4.78, 5) is 0. The summed E-state index contributed by atoms with van der Waals surface area (Å²) in [7, 11) is 0. The molecule has 0 saturated carbocycles. The van der Waals surface area contributed by atoms with Crippen LogP contribution in [0.25, 0.3) is 0 Å². The van der Waals surface area contributed by atoms with Crippen molar-refractivity contribution in [1.29, 1.82) is 0 Å². The second kappa shape index (κ2) is 5.85. The predicted octanol–water partition coefficient (Wildman–Crippen LogP) is -0.145. The van der Waals surface area contributed by atoms with Crippen LogP contribution in [-0.4, -0.2) is 19.6 Å². The molecule has 1 aliphatic heterocycles. The SMILES string of the molecule is C=CC[Te+]1CCCC1C.[I-]. The molecule has 2 heteroatoms. The fourth-order valence-corrected chi connectivity index (χ4v) is 7.71. The molecule has 1 heterocycles. The molecule has 0 nitrogen and oxygen atoms in total. The van der Waals surface area contributed by atoms with Crippen molar-refractivity contribution in [1.82, 2.24) is 0 Å². The van der Waals surface area contributed by atoms with Crippen LogP contribution >= 0.6 is 0 Å². The van der Waals surface area contributed by atoms with Gasteiger partial charge in [-0.15, -0.1) is 0 Å². The standard InChI is InChI=1S/C8H15Te.HI/c1-3-6-9-7-4-5-8(9)2;/h3,8H,1,4-7H2,2H3;1H/q+1;/p-1. The summed E-state index contributed by atoms with van der Waals surface area (Å²) in [6.45, 7) is 6.24. The summed E-state index contributed by atoms with van der Waals surface area (Å²) >= 11 is -0.574. The molecule has 0 aliphatic carbocycles. The van der Waals surface area contributed by atoms with E-state index in [-0.39, 0.29) is 24.0 Å². The van der Waals surface area contributed by atoms with E-state index in [1.165, 1.54) is 17.3 Å². The van der Waals surface area contributed by atoms with Gasteiger partial charge in [0.2, 0.25) is 0 Å². The molecule has 1 fully saturated rings. The number of rotatable bonds is 2. The van der Waals surface area contributed by atoms with Crippen LogP contribution in [0, 0.1) is 0 Å². The van der Waals surface area contributed by atoms with Crippen LogP contribution in [0.2, 0.25) is 12.9 Å². The Balaban J connectivity index is 0.000000810. The van der Waals surface area contributed by atoms with Crippen LogP contribution in [-0.2, 0) is 0 Å². The number of hydrogen-bond acceptors (Lipinski definition) is 0. The minimum atomic E-state index is -0.574. The fraction of sp³-hybridized carbons (Fsp3) is 0.750. The predicted molar refractivity (Wildman–Crippen MR) is 44.2 cm³/mol. The van der Waals surface area contributed by atoms with Crippen LogP contribution in [0.4, 0.5) is 0 Å². The largest absolute Gasteiger partial charge is 1.00 e. The first-order valence-corrected chi connectivity index (χ1v) is 8.26. The molecule has 0 bridgehead atoms. The van der Waals surface area contributed by atoms with Gasteiger partial charge in [-0.2, -0.15) is 0 Å². The normalized spacial score (nSPS) is 25.9. The minimum absolute atomic E-state index is 0. The van der Waals surface area contributed by atoms with Crippen molar-refractivity contribution in [2.45, 2.75) is 32.7 Å². The van der Waals surface area contributed by atoms with E-state index in [1.54, 1.807) is 4.47 Å². The average Bonchev–Trinajstić information content (AvgIpc) is 2.18. The number of hydrogen-bond donors (Lipinski definition) is 0. The van der Waals surface area contributed by atoms with Gasteiger partial charge < -0.3 is 24.0 Å². The third-order valence-electron chi connectivity index (χ3n) is 1.92. The van der Waals surface area contributed by atoms with Crippen molar-refractivity contribution >= 4 is 19.6 Å². The zero-order valence-corrected chi connectivity index (χ0v) is 11.0. The van der Waals surface area contributed by atoms with Crippen LogP contribution in [0.1, 0.15) is 19.8 Å². The van der Waals surface area contributed by atoms with Gasteiger partial charge in [-0.25, -0.2) is 0 Å². The molecule has 1 unspecified atom stereocenters. The first-order chi connectivity index (χ1) is 4.34. The topological polar surface area (TPSA) is 0 Å². The summed E-state index contributed by atoms with van der Waals surface area (Å²) in [5, 5.41) is 0. The average molecular weight is 366 g/mol. The summed E-state index contributed by atoms with van der Waals surface area (Å²) in [5.74, 6) is 0. The monoisotopic (exact) mass is 368 g/mol. The van der Waals surface area contributed by atoms with Gasteiger partial charge in [0.15, 0.2) is 0 Å². The first kappa shape index (κ1) is 11.3. The maximum Gasteiger partial charge on any atom is -1.00 e. The van der Waals surface area contributed by atoms with Gasteiger partial charge in [-0.3, -0.25) is 0 Å². The summed E-state index contributed by atoms with van der Waals surface area (Å²) in [6.07, 6.45) is 5.18. The fourth-order valence-electron chi connectivity index (χ4n) is 1.32. The molecular weight excluding hydrogens is 351 g/mol. The zero-order chi connectivity index (χ0) is 6.69. The van der Waals surface area contributed by atoms with Crippen LogP contribution in [0.15, 0.2) is 12.7 Å². The Morgan fingerprint density at radius 1 is 1.70 bits per heavy atom. The van der Waals surface area contributed by atoms with E-state index in [2.05, 4.69) is 19.6 Å². The van der Waals surface area contributed by atoms with Crippen LogP contribution in [0.5, 0.6) is 0 Å². The molecule has 0 spiro atoms. The Hall–Kier alpha value is 1.26. The second-order valence-corrected chi connectivity index (χ2v) is 10.1. The summed E-state index contributed by atoms with van der Waals surface area (Å²) < 4.78 is 4.15. The molecule has 60 valence electrons. The minimum Gasteiger partial charge on any atom is -1.00 e. The van der Waals surface area contributed by atoms with Crippen molar-refractivity contribution in [2.24, 2.45) is 0 Å². The third-order valence-corrected chi connectivity index (χ3v) is 10.1. The van der Waals surface area contributed by atoms with E-state index in [9.17, 15) is 0 Å². The maximum atomic E-state index is 3.80. The van der Waals surface area contributed by atoms with Gasteiger partial charge >= 0.3 is 64.9 Å². The van der Waals surface area contributed by atoms with E-state index in [0.717, 1.165) is 3.97 Å². The molecule has 0 aromatic carbocycles. The quantitative estimate of drug-likeness (QED) is 0.363. The van der Waals surface area contributed by atoms with Gasteiger partial charge in [0.25, 0.3) is 0 Å². The number of allylic oxidation sites excluding steroid dienone is 1. The van der Waals surface area contributed by atoms with Gasteiger partial charge in [-0.05, 0) is 0 Å². The Bertz CT molecular complexity index is 103. The van der Waals surface area contributed by atoms with Gasteiger partial charge in [0.1, 0.15) is 0 Å². The Labute approximate surface area is 88.1 Å².